The highest BCUT2D eigenvalue weighted by atomic mass is 16.5. The van der Waals surface area contributed by atoms with Gasteiger partial charge in [-0.25, -0.2) is 0 Å². The van der Waals surface area contributed by atoms with E-state index in [9.17, 15) is 0 Å². The molecule has 1 atom stereocenters. The van der Waals surface area contributed by atoms with Gasteiger partial charge in [-0.1, -0.05) is 41.0 Å². The molecule has 110 valence electrons. The summed E-state index contributed by atoms with van der Waals surface area (Å²) < 4.78 is 16.7. The number of ether oxygens (including phenoxy) is 3. The van der Waals surface area contributed by atoms with E-state index in [4.69, 9.17) is 14.2 Å². The van der Waals surface area contributed by atoms with Gasteiger partial charge in [0.1, 0.15) is 0 Å². The molecule has 3 heteroatoms. The molecule has 0 saturated carbocycles. The van der Waals surface area contributed by atoms with Crippen LogP contribution in [-0.2, 0) is 14.2 Å². The third kappa shape index (κ3) is 6.17. The number of methoxy groups -OCH3 is 2. The third-order valence-electron chi connectivity index (χ3n) is 3.45. The minimum absolute atomic E-state index is 0.0382. The van der Waals surface area contributed by atoms with Crippen LogP contribution < -0.4 is 0 Å². The largest absolute Gasteiger partial charge is 0.384 e. The molecule has 0 rings (SSSR count). The highest BCUT2D eigenvalue weighted by Gasteiger charge is 2.36. The highest BCUT2D eigenvalue weighted by molar-refractivity contribution is 4.84. The van der Waals surface area contributed by atoms with Crippen LogP contribution in [0.15, 0.2) is 0 Å². The molecule has 0 saturated heterocycles. The van der Waals surface area contributed by atoms with Gasteiger partial charge in [-0.05, 0) is 11.3 Å². The number of rotatable bonds is 9. The van der Waals surface area contributed by atoms with Crippen LogP contribution in [0.5, 0.6) is 0 Å². The Bertz CT molecular complexity index is 202. The summed E-state index contributed by atoms with van der Waals surface area (Å²) in [6, 6.07) is 0. The highest BCUT2D eigenvalue weighted by Crippen LogP contribution is 2.32. The van der Waals surface area contributed by atoms with Gasteiger partial charge in [0, 0.05) is 19.6 Å². The van der Waals surface area contributed by atoms with Gasteiger partial charge in [0.25, 0.3) is 0 Å². The second-order valence-corrected chi connectivity index (χ2v) is 6.59. The summed E-state index contributed by atoms with van der Waals surface area (Å²) in [5.74, 6) is 0.511. The third-order valence-corrected chi connectivity index (χ3v) is 3.45. The minimum Gasteiger partial charge on any atom is -0.384 e. The van der Waals surface area contributed by atoms with E-state index in [1.165, 1.54) is 0 Å². The molecule has 0 aromatic heterocycles. The van der Waals surface area contributed by atoms with Crippen molar-refractivity contribution in [1.82, 2.24) is 0 Å². The van der Waals surface area contributed by atoms with Crippen molar-refractivity contribution >= 4 is 0 Å². The minimum atomic E-state index is -0.0382. The molecule has 0 radical (unpaired) electrons. The van der Waals surface area contributed by atoms with Gasteiger partial charge in [-0.2, -0.15) is 0 Å². The summed E-state index contributed by atoms with van der Waals surface area (Å²) in [7, 11) is 3.49. The van der Waals surface area contributed by atoms with E-state index >= 15 is 0 Å². The Morgan fingerprint density at radius 1 is 0.889 bits per heavy atom. The van der Waals surface area contributed by atoms with E-state index in [0.29, 0.717) is 25.7 Å². The van der Waals surface area contributed by atoms with Gasteiger partial charge in [-0.15, -0.1) is 0 Å². The summed E-state index contributed by atoms with van der Waals surface area (Å²) in [5.41, 5.74) is 0.158. The van der Waals surface area contributed by atoms with Gasteiger partial charge in [0.05, 0.1) is 26.4 Å². The molecule has 0 amide bonds. The fourth-order valence-corrected chi connectivity index (χ4v) is 2.12. The first-order valence-electron chi connectivity index (χ1n) is 6.87. The van der Waals surface area contributed by atoms with Crippen molar-refractivity contribution in [3.63, 3.8) is 0 Å². The smallest absolute Gasteiger partial charge is 0.0569 e. The van der Waals surface area contributed by atoms with Crippen LogP contribution in [0, 0.1) is 16.7 Å². The van der Waals surface area contributed by atoms with Gasteiger partial charge in [0.2, 0.25) is 0 Å². The monoisotopic (exact) mass is 260 g/mol. The molecule has 18 heavy (non-hydrogen) atoms. The molecule has 0 aromatic carbocycles. The molecular weight excluding hydrogens is 228 g/mol. The molecule has 3 nitrogen and oxygen atoms in total. The van der Waals surface area contributed by atoms with E-state index in [1.54, 1.807) is 14.2 Å². The topological polar surface area (TPSA) is 27.7 Å². The molecule has 0 aliphatic heterocycles. The summed E-state index contributed by atoms with van der Waals surface area (Å²) in [6.07, 6.45) is 1.10. The Labute approximate surface area is 113 Å². The van der Waals surface area contributed by atoms with Crippen LogP contribution in [0.1, 0.15) is 41.0 Å². The van der Waals surface area contributed by atoms with Crippen LogP contribution in [0.2, 0.25) is 0 Å². The van der Waals surface area contributed by atoms with E-state index in [-0.39, 0.29) is 10.8 Å². The molecule has 0 N–H and O–H groups in total. The fourth-order valence-electron chi connectivity index (χ4n) is 2.12. The predicted octanol–water partition coefficient (Wildman–Crippen LogP) is 3.37. The number of hydrogen-bond acceptors (Lipinski definition) is 3. The molecule has 1 unspecified atom stereocenters. The lowest BCUT2D eigenvalue weighted by Gasteiger charge is -2.38. The van der Waals surface area contributed by atoms with Crippen molar-refractivity contribution in [3.8, 4) is 0 Å². The van der Waals surface area contributed by atoms with Crippen molar-refractivity contribution in [1.29, 1.82) is 0 Å². The molecule has 0 aromatic rings. The van der Waals surface area contributed by atoms with Crippen molar-refractivity contribution in [2.75, 3.05) is 40.6 Å². The average molecular weight is 260 g/mol. The maximum atomic E-state index is 5.93. The van der Waals surface area contributed by atoms with Crippen LogP contribution in [0.25, 0.3) is 0 Å². The van der Waals surface area contributed by atoms with Crippen molar-refractivity contribution in [2.45, 2.75) is 41.0 Å². The quantitative estimate of drug-likeness (QED) is 0.636. The second-order valence-electron chi connectivity index (χ2n) is 6.59. The summed E-state index contributed by atoms with van der Waals surface area (Å²) >= 11 is 0. The first kappa shape index (κ1) is 17.9. The van der Waals surface area contributed by atoms with Gasteiger partial charge in [-0.3, -0.25) is 0 Å². The Kier molecular flexibility index (Phi) is 8.08. The normalized spacial score (nSPS) is 14.8. The van der Waals surface area contributed by atoms with Gasteiger partial charge in [0.15, 0.2) is 0 Å². The number of hydrogen-bond donors (Lipinski definition) is 0. The standard InChI is InChI=1S/C15H32O3/c1-8-13(2)15(10-16-6,11-17-7)12-18-9-14(3,4)5/h13H,8-12H2,1-7H3. The summed E-state index contributed by atoms with van der Waals surface area (Å²) in [5, 5.41) is 0. The Hall–Kier alpha value is -0.120. The maximum Gasteiger partial charge on any atom is 0.0569 e. The van der Waals surface area contributed by atoms with Gasteiger partial charge < -0.3 is 14.2 Å². The lowest BCUT2D eigenvalue weighted by atomic mass is 9.76. The average Bonchev–Trinajstić information content (AvgIpc) is 2.26. The maximum absolute atomic E-state index is 5.93. The molecule has 0 aliphatic rings. The van der Waals surface area contributed by atoms with E-state index in [2.05, 4.69) is 34.6 Å². The van der Waals surface area contributed by atoms with Crippen LogP contribution >= 0.6 is 0 Å². The fraction of sp³-hybridized carbons (Fsp3) is 1.00. The summed E-state index contributed by atoms with van der Waals surface area (Å²) in [4.78, 5) is 0. The Morgan fingerprint density at radius 2 is 1.39 bits per heavy atom. The molecule has 0 spiro atoms. The van der Waals surface area contributed by atoms with Crippen LogP contribution in [0.4, 0.5) is 0 Å². The zero-order valence-electron chi connectivity index (χ0n) is 13.3. The molecule has 0 fully saturated rings. The van der Waals surface area contributed by atoms with E-state index < -0.39 is 0 Å². The molecule has 0 bridgehead atoms. The van der Waals surface area contributed by atoms with Crippen molar-refractivity contribution in [3.05, 3.63) is 0 Å². The molecule has 0 heterocycles. The Balaban J connectivity index is 4.61. The zero-order valence-corrected chi connectivity index (χ0v) is 13.3. The van der Waals surface area contributed by atoms with E-state index in [1.807, 2.05) is 0 Å². The molecule has 0 aliphatic carbocycles. The van der Waals surface area contributed by atoms with E-state index in [0.717, 1.165) is 13.0 Å². The SMILES string of the molecule is CCC(C)C(COC)(COC)COCC(C)(C)C. The summed E-state index contributed by atoms with van der Waals surface area (Å²) in [6.45, 7) is 13.8. The molecular formula is C15H32O3. The predicted molar refractivity (Wildman–Crippen MR) is 75.9 cm³/mol. The Morgan fingerprint density at radius 3 is 1.72 bits per heavy atom. The van der Waals surface area contributed by atoms with Crippen molar-refractivity contribution < 1.29 is 14.2 Å². The van der Waals surface area contributed by atoms with Crippen LogP contribution in [-0.4, -0.2) is 40.6 Å². The first-order chi connectivity index (χ1) is 8.31. The lowest BCUT2D eigenvalue weighted by molar-refractivity contribution is -0.0898. The van der Waals surface area contributed by atoms with Gasteiger partial charge >= 0.3 is 0 Å². The van der Waals surface area contributed by atoms with Crippen LogP contribution in [0.3, 0.4) is 0 Å². The van der Waals surface area contributed by atoms with Crippen molar-refractivity contribution in [2.24, 2.45) is 16.7 Å². The first-order valence-corrected chi connectivity index (χ1v) is 6.87. The lowest BCUT2D eigenvalue weighted by Crippen LogP contribution is -2.43. The second kappa shape index (κ2) is 8.13. The zero-order chi connectivity index (χ0) is 14.2.